The second-order valence-electron chi connectivity index (χ2n) is 11.1. The van der Waals surface area contributed by atoms with Gasteiger partial charge < -0.3 is 14.6 Å². The third-order valence-electron chi connectivity index (χ3n) is 6.62. The Kier molecular flexibility index (Phi) is 11.6. The minimum absolute atomic E-state index is 0.320. The van der Waals surface area contributed by atoms with Crippen molar-refractivity contribution in [2.24, 2.45) is 0 Å². The number of carbonyl (C=O) groups is 1. The topological polar surface area (TPSA) is 64.6 Å². The van der Waals surface area contributed by atoms with Crippen LogP contribution in [0.25, 0.3) is 0 Å². The maximum absolute atomic E-state index is 12.7. The smallest absolute Gasteiger partial charge is 0.408 e. The summed E-state index contributed by atoms with van der Waals surface area (Å²) in [5.41, 5.74) is 1.50. The maximum atomic E-state index is 12.7. The summed E-state index contributed by atoms with van der Waals surface area (Å²) >= 11 is 0. The zero-order valence-electron chi connectivity index (χ0n) is 22.9. The van der Waals surface area contributed by atoms with Crippen LogP contribution in [0.5, 0.6) is 0 Å². The Bertz CT molecular complexity index is 858. The summed E-state index contributed by atoms with van der Waals surface area (Å²) in [5, 5.41) is 3.10. The summed E-state index contributed by atoms with van der Waals surface area (Å²) in [6.07, 6.45) is 12.9. The van der Waals surface area contributed by atoms with E-state index >= 15 is 0 Å². The molecule has 1 aromatic rings. The Hall–Kier alpha value is -1.58. The molecule has 0 spiro atoms. The quantitative estimate of drug-likeness (QED) is 0.215. The van der Waals surface area contributed by atoms with Crippen LogP contribution in [0, 0.1) is 0 Å². The van der Waals surface area contributed by atoms with Crippen LogP contribution in [-0.4, -0.2) is 30.5 Å². The maximum Gasteiger partial charge on any atom is 0.408 e. The summed E-state index contributed by atoms with van der Waals surface area (Å²) < 4.78 is 23.7. The molecule has 1 aliphatic carbocycles. The average Bonchev–Trinajstić information content (AvgIpc) is 3.18. The second-order valence-corrected chi connectivity index (χ2v) is 13.5. The molecule has 0 radical (unpaired) electrons. The molecule has 2 unspecified atom stereocenters. The number of aryl methyl sites for hydroxylation is 1. The van der Waals surface area contributed by atoms with E-state index in [0.29, 0.717) is 12.5 Å². The predicted molar refractivity (Wildman–Crippen MR) is 147 cm³/mol. The molecule has 2 rings (SSSR count). The van der Waals surface area contributed by atoms with E-state index in [4.69, 9.17) is 9.26 Å². The lowest BCUT2D eigenvalue weighted by Gasteiger charge is -2.30. The number of alkyl carbamates (subject to hydrolysis) is 1. The molecule has 1 aromatic carbocycles. The van der Waals surface area contributed by atoms with Crippen molar-refractivity contribution in [1.82, 2.24) is 5.32 Å². The SMILES string of the molecule is CCCCCCCCc1ccc([C@H]2CCC(/C=C/P(C)(=O)OCC)(NC(=O)OC(C)(C)C)C2)cc1. The Morgan fingerprint density at radius 2 is 1.77 bits per heavy atom. The number of rotatable bonds is 13. The molecule has 0 bridgehead atoms. The summed E-state index contributed by atoms with van der Waals surface area (Å²) in [4.78, 5) is 12.7. The Morgan fingerprint density at radius 3 is 2.40 bits per heavy atom. The molecule has 1 aliphatic rings. The van der Waals surface area contributed by atoms with Gasteiger partial charge in [-0.05, 0) is 82.7 Å². The fraction of sp³-hybridized carbons (Fsp3) is 0.690. The van der Waals surface area contributed by atoms with Gasteiger partial charge in [0.15, 0.2) is 0 Å². The van der Waals surface area contributed by atoms with Crippen LogP contribution in [0.15, 0.2) is 36.2 Å². The summed E-state index contributed by atoms with van der Waals surface area (Å²) in [6, 6.07) is 9.01. The van der Waals surface area contributed by atoms with Crippen molar-refractivity contribution in [3.63, 3.8) is 0 Å². The van der Waals surface area contributed by atoms with E-state index in [1.54, 1.807) is 12.5 Å². The van der Waals surface area contributed by atoms with Crippen molar-refractivity contribution in [1.29, 1.82) is 0 Å². The fourth-order valence-corrected chi connectivity index (χ4v) is 5.97. The van der Waals surface area contributed by atoms with Crippen LogP contribution in [0.4, 0.5) is 4.79 Å². The second kappa shape index (κ2) is 13.7. The lowest BCUT2D eigenvalue weighted by molar-refractivity contribution is 0.0478. The summed E-state index contributed by atoms with van der Waals surface area (Å²) in [6.45, 7) is 11.7. The number of carbonyl (C=O) groups excluding carboxylic acids is 1. The molecule has 1 saturated carbocycles. The molecule has 5 nitrogen and oxygen atoms in total. The molecular weight excluding hydrogens is 457 g/mol. The van der Waals surface area contributed by atoms with E-state index in [2.05, 4.69) is 36.5 Å². The number of hydrogen-bond donors (Lipinski definition) is 1. The van der Waals surface area contributed by atoms with E-state index < -0.39 is 24.6 Å². The highest BCUT2D eigenvalue weighted by molar-refractivity contribution is 7.61. The molecule has 3 atom stereocenters. The van der Waals surface area contributed by atoms with Gasteiger partial charge in [-0.3, -0.25) is 4.57 Å². The summed E-state index contributed by atoms with van der Waals surface area (Å²) in [7, 11) is -2.86. The Balaban J connectivity index is 2.06. The number of unbranched alkanes of at least 4 members (excludes halogenated alkanes) is 5. The lowest BCUT2D eigenvalue weighted by atomic mass is 9.91. The average molecular weight is 506 g/mol. The van der Waals surface area contributed by atoms with Gasteiger partial charge in [-0.25, -0.2) is 4.79 Å². The van der Waals surface area contributed by atoms with Crippen molar-refractivity contribution in [2.45, 2.75) is 116 Å². The van der Waals surface area contributed by atoms with Crippen LogP contribution in [-0.2, 0) is 20.2 Å². The first kappa shape index (κ1) is 29.6. The van der Waals surface area contributed by atoms with Crippen LogP contribution >= 0.6 is 7.37 Å². The predicted octanol–water partition coefficient (Wildman–Crippen LogP) is 8.58. The van der Waals surface area contributed by atoms with Gasteiger partial charge in [-0.1, -0.05) is 69.4 Å². The molecule has 0 aliphatic heterocycles. The number of hydrogen-bond acceptors (Lipinski definition) is 4. The van der Waals surface area contributed by atoms with Crippen LogP contribution in [0.1, 0.15) is 109 Å². The van der Waals surface area contributed by atoms with Gasteiger partial charge in [0.1, 0.15) is 5.60 Å². The fourth-order valence-electron chi connectivity index (χ4n) is 4.82. The van der Waals surface area contributed by atoms with Crippen LogP contribution in [0.2, 0.25) is 0 Å². The molecule has 6 heteroatoms. The van der Waals surface area contributed by atoms with Crippen molar-refractivity contribution in [3.05, 3.63) is 47.3 Å². The number of benzene rings is 1. The Morgan fingerprint density at radius 1 is 1.11 bits per heavy atom. The summed E-state index contributed by atoms with van der Waals surface area (Å²) in [5.74, 6) is 1.97. The minimum Gasteiger partial charge on any atom is -0.444 e. The molecule has 1 amide bonds. The molecule has 0 aromatic heterocycles. The highest BCUT2D eigenvalue weighted by Crippen LogP contribution is 2.48. The molecule has 0 saturated heterocycles. The largest absolute Gasteiger partial charge is 0.444 e. The zero-order chi connectivity index (χ0) is 26.0. The Labute approximate surface area is 213 Å². The highest BCUT2D eigenvalue weighted by Gasteiger charge is 2.40. The molecule has 1 N–H and O–H groups in total. The van der Waals surface area contributed by atoms with Gasteiger partial charge in [-0.15, -0.1) is 0 Å². The first-order valence-corrected chi connectivity index (χ1v) is 15.6. The van der Waals surface area contributed by atoms with Gasteiger partial charge >= 0.3 is 6.09 Å². The van der Waals surface area contributed by atoms with E-state index in [9.17, 15) is 9.36 Å². The number of amides is 1. The molecule has 198 valence electrons. The van der Waals surface area contributed by atoms with Crippen molar-refractivity contribution in [2.75, 3.05) is 13.3 Å². The molecule has 1 fully saturated rings. The first-order chi connectivity index (χ1) is 16.5. The van der Waals surface area contributed by atoms with Gasteiger partial charge in [0.05, 0.1) is 12.1 Å². The number of ether oxygens (including phenoxy) is 1. The van der Waals surface area contributed by atoms with Crippen molar-refractivity contribution in [3.8, 4) is 0 Å². The minimum atomic E-state index is -2.86. The van der Waals surface area contributed by atoms with E-state index in [0.717, 1.165) is 25.7 Å². The number of nitrogens with one attached hydrogen (secondary N) is 1. The van der Waals surface area contributed by atoms with E-state index in [1.165, 1.54) is 49.7 Å². The molecule has 35 heavy (non-hydrogen) atoms. The third kappa shape index (κ3) is 10.9. The van der Waals surface area contributed by atoms with Gasteiger partial charge in [0, 0.05) is 6.66 Å². The van der Waals surface area contributed by atoms with Crippen molar-refractivity contribution < 1.29 is 18.6 Å². The molecule has 0 heterocycles. The monoisotopic (exact) mass is 505 g/mol. The first-order valence-electron chi connectivity index (χ1n) is 13.5. The zero-order valence-corrected chi connectivity index (χ0v) is 23.8. The highest BCUT2D eigenvalue weighted by atomic mass is 31.2. The van der Waals surface area contributed by atoms with E-state index in [1.807, 2.05) is 33.8 Å². The van der Waals surface area contributed by atoms with E-state index in [-0.39, 0.29) is 0 Å². The van der Waals surface area contributed by atoms with Crippen LogP contribution < -0.4 is 5.32 Å². The third-order valence-corrected chi connectivity index (χ3v) is 8.08. The van der Waals surface area contributed by atoms with Crippen molar-refractivity contribution >= 4 is 13.5 Å². The normalized spacial score (nSPS) is 22.3. The van der Waals surface area contributed by atoms with Gasteiger partial charge in [0.2, 0.25) is 7.37 Å². The lowest BCUT2D eigenvalue weighted by Crippen LogP contribution is -2.47. The van der Waals surface area contributed by atoms with Gasteiger partial charge in [0.25, 0.3) is 0 Å². The molecular formula is C29H48NO4P. The van der Waals surface area contributed by atoms with Crippen LogP contribution in [0.3, 0.4) is 0 Å². The standard InChI is InChI=1S/C29H48NO4P/c1-7-9-10-11-12-13-14-24-15-17-25(18-16-24)26-19-20-29(23-26,21-22-35(6,32)33-8-2)30-27(31)34-28(3,4)5/h15-18,21-22,26H,7-14,19-20,23H2,1-6H3,(H,30,31)/b22-21+/t26-,29?,35?/m0/s1. The van der Waals surface area contributed by atoms with Gasteiger partial charge in [-0.2, -0.15) is 0 Å².